The molecule has 90 valence electrons. The van der Waals surface area contributed by atoms with Crippen LogP contribution >= 0.6 is 0 Å². The average molecular weight is 232 g/mol. The van der Waals surface area contributed by atoms with Crippen molar-refractivity contribution in [3.8, 4) is 0 Å². The van der Waals surface area contributed by atoms with Crippen LogP contribution in [0.4, 0.5) is 0 Å². The molecule has 0 aromatic heterocycles. The Hall–Kier alpha value is -0.353. The molecule has 1 unspecified atom stereocenters. The van der Waals surface area contributed by atoms with Crippen LogP contribution in [0.2, 0.25) is 13.1 Å². The summed E-state index contributed by atoms with van der Waals surface area (Å²) >= 11 is 0. The number of hydrogen-bond acceptors (Lipinski definition) is 3. The van der Waals surface area contributed by atoms with Crippen molar-refractivity contribution in [1.82, 2.24) is 0 Å². The van der Waals surface area contributed by atoms with Gasteiger partial charge < -0.3 is 9.16 Å². The normalized spacial score (nSPS) is 16.3. The lowest BCUT2D eigenvalue weighted by molar-refractivity contribution is -0.161. The van der Waals surface area contributed by atoms with Gasteiger partial charge in [0.05, 0.1) is 12.5 Å². The van der Waals surface area contributed by atoms with E-state index in [9.17, 15) is 4.79 Å². The van der Waals surface area contributed by atoms with Crippen molar-refractivity contribution in [2.24, 2.45) is 10.8 Å². The van der Waals surface area contributed by atoms with Crippen LogP contribution in [0.1, 0.15) is 27.7 Å². The molecule has 0 aliphatic rings. The van der Waals surface area contributed by atoms with Gasteiger partial charge in [0.1, 0.15) is 0 Å². The van der Waals surface area contributed by atoms with E-state index in [2.05, 4.69) is 13.1 Å². The highest BCUT2D eigenvalue weighted by atomic mass is 28.3. The summed E-state index contributed by atoms with van der Waals surface area (Å²) in [6, 6.07) is 0. The molecular formula is C11H24O3Si. The molecule has 0 heterocycles. The van der Waals surface area contributed by atoms with E-state index in [1.807, 2.05) is 27.7 Å². The smallest absolute Gasteiger partial charge is 0.314 e. The van der Waals surface area contributed by atoms with Crippen molar-refractivity contribution in [3.05, 3.63) is 0 Å². The van der Waals surface area contributed by atoms with Crippen molar-refractivity contribution in [3.63, 3.8) is 0 Å². The number of carbonyl (C=O) groups is 1. The molecular weight excluding hydrogens is 208 g/mol. The number of esters is 1. The third kappa shape index (κ3) is 3.61. The second kappa shape index (κ2) is 5.12. The summed E-state index contributed by atoms with van der Waals surface area (Å²) in [6.07, 6.45) is 0. The molecule has 3 nitrogen and oxygen atoms in total. The Labute approximate surface area is 94.9 Å². The second-order valence-corrected chi connectivity index (χ2v) is 7.86. The zero-order valence-electron chi connectivity index (χ0n) is 11.0. The van der Waals surface area contributed by atoms with E-state index in [-0.39, 0.29) is 11.4 Å². The first-order valence-corrected chi connectivity index (χ1v) is 8.13. The van der Waals surface area contributed by atoms with E-state index >= 15 is 0 Å². The highest BCUT2D eigenvalue weighted by Gasteiger charge is 2.45. The van der Waals surface area contributed by atoms with Crippen LogP contribution in [0, 0.1) is 10.8 Å². The van der Waals surface area contributed by atoms with Gasteiger partial charge in [-0.15, -0.1) is 0 Å². The van der Waals surface area contributed by atoms with E-state index in [0.717, 1.165) is 0 Å². The fourth-order valence-corrected chi connectivity index (χ4v) is 1.81. The maximum atomic E-state index is 11.8. The van der Waals surface area contributed by atoms with Crippen LogP contribution in [-0.4, -0.2) is 28.7 Å². The van der Waals surface area contributed by atoms with E-state index in [1.54, 1.807) is 0 Å². The molecule has 0 aliphatic carbocycles. The minimum Gasteiger partial charge on any atom is -0.469 e. The van der Waals surface area contributed by atoms with Gasteiger partial charge in [0, 0.05) is 6.61 Å². The molecule has 0 spiro atoms. The van der Waals surface area contributed by atoms with Gasteiger partial charge in [-0.05, 0) is 25.4 Å². The summed E-state index contributed by atoms with van der Waals surface area (Å²) in [6.45, 7) is 12.7. The predicted molar refractivity (Wildman–Crippen MR) is 64.4 cm³/mol. The van der Waals surface area contributed by atoms with Gasteiger partial charge in [-0.25, -0.2) is 0 Å². The summed E-state index contributed by atoms with van der Waals surface area (Å²) < 4.78 is 10.6. The lowest BCUT2D eigenvalue weighted by Crippen LogP contribution is -2.45. The SMILES string of the molecule is COC(=O)C(C)(CO[SiH](C)C)C(C)(C)C. The molecule has 0 fully saturated rings. The van der Waals surface area contributed by atoms with Gasteiger partial charge in [0.2, 0.25) is 0 Å². The Morgan fingerprint density at radius 3 is 1.93 bits per heavy atom. The maximum Gasteiger partial charge on any atom is 0.314 e. The largest absolute Gasteiger partial charge is 0.469 e. The van der Waals surface area contributed by atoms with Crippen LogP contribution in [0.15, 0.2) is 0 Å². The molecule has 0 aliphatic heterocycles. The molecule has 0 saturated heterocycles. The Morgan fingerprint density at radius 1 is 1.20 bits per heavy atom. The number of methoxy groups -OCH3 is 1. The van der Waals surface area contributed by atoms with Gasteiger partial charge in [0.25, 0.3) is 0 Å². The van der Waals surface area contributed by atoms with Crippen LogP contribution in [0.25, 0.3) is 0 Å². The lowest BCUT2D eigenvalue weighted by atomic mass is 9.68. The standard InChI is InChI=1S/C11H24O3Si/c1-10(2,3)11(4,9(12)13-5)8-14-15(6)7/h15H,8H2,1-7H3. The van der Waals surface area contributed by atoms with Crippen molar-refractivity contribution in [2.75, 3.05) is 13.7 Å². The molecule has 1 atom stereocenters. The van der Waals surface area contributed by atoms with Crippen LogP contribution < -0.4 is 0 Å². The molecule has 0 aromatic carbocycles. The van der Waals surface area contributed by atoms with Gasteiger partial charge in [-0.2, -0.15) is 0 Å². The quantitative estimate of drug-likeness (QED) is 0.551. The summed E-state index contributed by atoms with van der Waals surface area (Å²) in [5.41, 5.74) is -0.734. The highest BCUT2D eigenvalue weighted by Crippen LogP contribution is 2.39. The third-order valence-electron chi connectivity index (χ3n) is 3.00. The molecule has 0 amide bonds. The minimum absolute atomic E-state index is 0.163. The van der Waals surface area contributed by atoms with Gasteiger partial charge in [0.15, 0.2) is 9.04 Å². The molecule has 0 saturated carbocycles. The maximum absolute atomic E-state index is 11.8. The van der Waals surface area contributed by atoms with Crippen molar-refractivity contribution in [2.45, 2.75) is 40.8 Å². The summed E-state index contributed by atoms with van der Waals surface area (Å²) in [4.78, 5) is 11.8. The lowest BCUT2D eigenvalue weighted by Gasteiger charge is -2.39. The second-order valence-electron chi connectivity index (χ2n) is 5.43. The minimum atomic E-state index is -1.10. The number of rotatable bonds is 4. The number of carbonyl (C=O) groups excluding carboxylic acids is 1. The molecule has 4 heteroatoms. The Bertz CT molecular complexity index is 220. The third-order valence-corrected chi connectivity index (χ3v) is 3.83. The molecule has 0 bridgehead atoms. The molecule has 0 aromatic rings. The summed E-state index contributed by atoms with van der Waals surface area (Å²) in [7, 11) is 0.327. The van der Waals surface area contributed by atoms with E-state index in [1.165, 1.54) is 7.11 Å². The van der Waals surface area contributed by atoms with E-state index in [4.69, 9.17) is 9.16 Å². The summed E-state index contributed by atoms with van der Waals surface area (Å²) in [5, 5.41) is 0. The van der Waals surface area contributed by atoms with Crippen molar-refractivity contribution >= 4 is 15.0 Å². The first-order valence-electron chi connectivity index (χ1n) is 5.35. The highest BCUT2D eigenvalue weighted by molar-refractivity contribution is 6.48. The van der Waals surface area contributed by atoms with Crippen molar-refractivity contribution < 1.29 is 14.0 Å². The number of ether oxygens (including phenoxy) is 1. The van der Waals surface area contributed by atoms with E-state index < -0.39 is 14.5 Å². The van der Waals surface area contributed by atoms with Crippen molar-refractivity contribution in [1.29, 1.82) is 0 Å². The fraction of sp³-hybridized carbons (Fsp3) is 0.909. The zero-order valence-corrected chi connectivity index (χ0v) is 12.2. The van der Waals surface area contributed by atoms with Gasteiger partial charge in [-0.3, -0.25) is 4.79 Å². The first-order chi connectivity index (χ1) is 6.65. The van der Waals surface area contributed by atoms with Gasteiger partial charge >= 0.3 is 5.97 Å². The fourth-order valence-electron chi connectivity index (χ4n) is 1.14. The molecule has 0 radical (unpaired) electrons. The van der Waals surface area contributed by atoms with Gasteiger partial charge in [-0.1, -0.05) is 20.8 Å². The molecule has 0 rings (SSSR count). The Morgan fingerprint density at radius 2 is 1.67 bits per heavy atom. The van der Waals surface area contributed by atoms with Crippen LogP contribution in [0.5, 0.6) is 0 Å². The average Bonchev–Trinajstić information content (AvgIpc) is 2.10. The topological polar surface area (TPSA) is 35.5 Å². The van der Waals surface area contributed by atoms with E-state index in [0.29, 0.717) is 6.61 Å². The first kappa shape index (κ1) is 14.6. The Balaban J connectivity index is 4.80. The Kier molecular flexibility index (Phi) is 5.00. The molecule has 0 N–H and O–H groups in total. The van der Waals surface area contributed by atoms with Crippen LogP contribution in [-0.2, 0) is 14.0 Å². The zero-order chi connectivity index (χ0) is 12.3. The predicted octanol–water partition coefficient (Wildman–Crippen LogP) is 2.21. The summed E-state index contributed by atoms with van der Waals surface area (Å²) in [5.74, 6) is -0.190. The van der Waals surface area contributed by atoms with Crippen LogP contribution in [0.3, 0.4) is 0 Å². The molecule has 15 heavy (non-hydrogen) atoms. The number of hydrogen-bond donors (Lipinski definition) is 0. The monoisotopic (exact) mass is 232 g/mol.